The summed E-state index contributed by atoms with van der Waals surface area (Å²) < 4.78 is 1.08. The van der Waals surface area contributed by atoms with Crippen LogP contribution in [0.1, 0.15) is 50.6 Å². The van der Waals surface area contributed by atoms with Crippen molar-refractivity contribution >= 4 is 27.5 Å². The van der Waals surface area contributed by atoms with E-state index < -0.39 is 0 Å². The fourth-order valence-electron chi connectivity index (χ4n) is 3.38. The van der Waals surface area contributed by atoms with Gasteiger partial charge in [0.1, 0.15) is 0 Å². The number of halogens is 2. The molecular formula is C15H22BrClN2. The summed E-state index contributed by atoms with van der Waals surface area (Å²) in [5, 5.41) is 0.766. The first-order chi connectivity index (χ1) is 9.17. The smallest absolute Gasteiger partial charge is 0.0502 e. The molecule has 1 aliphatic carbocycles. The summed E-state index contributed by atoms with van der Waals surface area (Å²) >= 11 is 9.76. The second-order valence-electron chi connectivity index (χ2n) is 5.43. The molecule has 3 unspecified atom stereocenters. The molecule has 0 bridgehead atoms. The summed E-state index contributed by atoms with van der Waals surface area (Å²) in [5.41, 5.74) is 4.21. The van der Waals surface area contributed by atoms with Crippen LogP contribution in [0.3, 0.4) is 0 Å². The standard InChI is InChI=1S/C15H22BrClN2/c1-2-10-5-3-4-6-12(10)15(19-18)13-9-11(17)7-8-14(13)16/h7-10,12,15,19H,2-6,18H2,1H3. The Bertz CT molecular complexity index is 425. The molecule has 3 atom stereocenters. The molecule has 0 radical (unpaired) electrons. The molecule has 0 saturated heterocycles. The lowest BCUT2D eigenvalue weighted by molar-refractivity contribution is 0.175. The van der Waals surface area contributed by atoms with Gasteiger partial charge < -0.3 is 0 Å². The lowest BCUT2D eigenvalue weighted by Crippen LogP contribution is -2.38. The van der Waals surface area contributed by atoms with Gasteiger partial charge in [-0.25, -0.2) is 0 Å². The highest BCUT2D eigenvalue weighted by Gasteiger charge is 2.32. The van der Waals surface area contributed by atoms with Crippen molar-refractivity contribution in [2.45, 2.75) is 45.1 Å². The van der Waals surface area contributed by atoms with Crippen molar-refractivity contribution in [3.8, 4) is 0 Å². The van der Waals surface area contributed by atoms with Gasteiger partial charge >= 0.3 is 0 Å². The summed E-state index contributed by atoms with van der Waals surface area (Å²) in [7, 11) is 0. The number of nitrogens with two attached hydrogens (primary N) is 1. The number of rotatable bonds is 4. The SMILES string of the molecule is CCC1CCCCC1C(NN)c1cc(Cl)ccc1Br. The number of hydrazine groups is 1. The van der Waals surface area contributed by atoms with Crippen molar-refractivity contribution in [3.05, 3.63) is 33.3 Å². The maximum Gasteiger partial charge on any atom is 0.0502 e. The molecule has 0 spiro atoms. The van der Waals surface area contributed by atoms with Crippen LogP contribution in [-0.2, 0) is 0 Å². The van der Waals surface area contributed by atoms with E-state index in [0.717, 1.165) is 15.4 Å². The molecule has 0 aliphatic heterocycles. The van der Waals surface area contributed by atoms with E-state index in [2.05, 4.69) is 28.3 Å². The van der Waals surface area contributed by atoms with Crippen LogP contribution in [0.5, 0.6) is 0 Å². The Morgan fingerprint density at radius 2 is 2.16 bits per heavy atom. The van der Waals surface area contributed by atoms with Crippen molar-refractivity contribution < 1.29 is 0 Å². The second-order valence-corrected chi connectivity index (χ2v) is 6.72. The van der Waals surface area contributed by atoms with Gasteiger partial charge in [-0.1, -0.05) is 60.1 Å². The maximum atomic E-state index is 6.14. The van der Waals surface area contributed by atoms with Crippen LogP contribution in [-0.4, -0.2) is 0 Å². The molecule has 19 heavy (non-hydrogen) atoms. The lowest BCUT2D eigenvalue weighted by atomic mass is 9.72. The molecule has 2 nitrogen and oxygen atoms in total. The van der Waals surface area contributed by atoms with Crippen molar-refractivity contribution in [1.82, 2.24) is 5.43 Å². The van der Waals surface area contributed by atoms with E-state index in [9.17, 15) is 0 Å². The van der Waals surface area contributed by atoms with Crippen LogP contribution in [0, 0.1) is 11.8 Å². The van der Waals surface area contributed by atoms with E-state index in [1.807, 2.05) is 18.2 Å². The van der Waals surface area contributed by atoms with Gasteiger partial charge in [-0.15, -0.1) is 0 Å². The molecule has 1 fully saturated rings. The first-order valence-electron chi connectivity index (χ1n) is 7.08. The van der Waals surface area contributed by atoms with Gasteiger partial charge in [-0.3, -0.25) is 11.3 Å². The maximum absolute atomic E-state index is 6.14. The molecule has 0 heterocycles. The van der Waals surface area contributed by atoms with E-state index in [1.54, 1.807) is 0 Å². The second kappa shape index (κ2) is 7.07. The van der Waals surface area contributed by atoms with E-state index in [4.69, 9.17) is 17.4 Å². The van der Waals surface area contributed by atoms with Crippen LogP contribution in [0.4, 0.5) is 0 Å². The van der Waals surface area contributed by atoms with Gasteiger partial charge in [0.25, 0.3) is 0 Å². The van der Waals surface area contributed by atoms with Gasteiger partial charge in [-0.2, -0.15) is 0 Å². The van der Waals surface area contributed by atoms with Gasteiger partial charge in [0.05, 0.1) is 6.04 Å². The fraction of sp³-hybridized carbons (Fsp3) is 0.600. The van der Waals surface area contributed by atoms with Crippen molar-refractivity contribution in [2.24, 2.45) is 17.7 Å². The summed E-state index contributed by atoms with van der Waals surface area (Å²) in [4.78, 5) is 0. The minimum Gasteiger partial charge on any atom is -0.271 e. The van der Waals surface area contributed by atoms with Gasteiger partial charge in [0.15, 0.2) is 0 Å². The molecule has 2 rings (SSSR count). The van der Waals surface area contributed by atoms with Crippen LogP contribution in [0.25, 0.3) is 0 Å². The third kappa shape index (κ3) is 3.52. The number of benzene rings is 1. The molecule has 106 valence electrons. The Balaban J connectivity index is 2.29. The average Bonchev–Trinajstić information content (AvgIpc) is 2.44. The molecule has 0 amide bonds. The normalized spacial score (nSPS) is 25.3. The Morgan fingerprint density at radius 3 is 2.84 bits per heavy atom. The summed E-state index contributed by atoms with van der Waals surface area (Å²) in [6.07, 6.45) is 6.44. The Hall–Kier alpha value is -0.0900. The zero-order chi connectivity index (χ0) is 13.8. The largest absolute Gasteiger partial charge is 0.271 e. The number of hydrogen-bond donors (Lipinski definition) is 2. The highest BCUT2D eigenvalue weighted by molar-refractivity contribution is 9.10. The van der Waals surface area contributed by atoms with E-state index in [1.165, 1.54) is 37.7 Å². The molecule has 3 N–H and O–H groups in total. The molecule has 1 aliphatic rings. The third-order valence-corrected chi connectivity index (χ3v) is 5.35. The molecule has 1 aromatic carbocycles. The van der Waals surface area contributed by atoms with Crippen LogP contribution < -0.4 is 11.3 Å². The fourth-order valence-corrected chi connectivity index (χ4v) is 4.05. The number of hydrogen-bond acceptors (Lipinski definition) is 2. The topological polar surface area (TPSA) is 38.0 Å². The lowest BCUT2D eigenvalue weighted by Gasteiger charge is -2.37. The number of nitrogens with one attached hydrogen (secondary N) is 1. The Labute approximate surface area is 129 Å². The zero-order valence-corrected chi connectivity index (χ0v) is 13.7. The molecule has 1 aromatic rings. The van der Waals surface area contributed by atoms with Gasteiger partial charge in [0.2, 0.25) is 0 Å². The van der Waals surface area contributed by atoms with Crippen LogP contribution in [0.15, 0.2) is 22.7 Å². The Kier molecular flexibility index (Phi) is 5.70. The average molecular weight is 346 g/mol. The van der Waals surface area contributed by atoms with Crippen LogP contribution in [0.2, 0.25) is 5.02 Å². The van der Waals surface area contributed by atoms with Crippen molar-refractivity contribution in [2.75, 3.05) is 0 Å². The molecule has 0 aromatic heterocycles. The van der Waals surface area contributed by atoms with E-state index >= 15 is 0 Å². The van der Waals surface area contributed by atoms with Gasteiger partial charge in [0, 0.05) is 9.50 Å². The monoisotopic (exact) mass is 344 g/mol. The highest BCUT2D eigenvalue weighted by atomic mass is 79.9. The van der Waals surface area contributed by atoms with Crippen LogP contribution >= 0.6 is 27.5 Å². The molecule has 1 saturated carbocycles. The van der Waals surface area contributed by atoms with Gasteiger partial charge in [-0.05, 0) is 42.0 Å². The minimum absolute atomic E-state index is 0.179. The highest BCUT2D eigenvalue weighted by Crippen LogP contribution is 2.42. The van der Waals surface area contributed by atoms with E-state index in [0.29, 0.717) is 5.92 Å². The quantitative estimate of drug-likeness (QED) is 0.606. The first kappa shape index (κ1) is 15.3. The first-order valence-corrected chi connectivity index (χ1v) is 8.25. The van der Waals surface area contributed by atoms with Crippen molar-refractivity contribution in [3.63, 3.8) is 0 Å². The predicted octanol–water partition coefficient (Wildman–Crippen LogP) is 4.82. The zero-order valence-electron chi connectivity index (χ0n) is 11.3. The third-order valence-electron chi connectivity index (χ3n) is 4.39. The summed E-state index contributed by atoms with van der Waals surface area (Å²) in [6.45, 7) is 2.28. The van der Waals surface area contributed by atoms with Crippen molar-refractivity contribution in [1.29, 1.82) is 0 Å². The molecular weight excluding hydrogens is 324 g/mol. The Morgan fingerprint density at radius 1 is 1.42 bits per heavy atom. The predicted molar refractivity (Wildman–Crippen MR) is 85.0 cm³/mol. The minimum atomic E-state index is 0.179. The summed E-state index contributed by atoms with van der Waals surface area (Å²) in [6, 6.07) is 6.11. The molecule has 4 heteroatoms. The van der Waals surface area contributed by atoms with E-state index in [-0.39, 0.29) is 6.04 Å². The summed E-state index contributed by atoms with van der Waals surface area (Å²) in [5.74, 6) is 7.20.